The molecule has 1 saturated heterocycles. The molecule has 1 fully saturated rings. The minimum absolute atomic E-state index is 0. The molecular weight excluding hydrogens is 413 g/mol. The summed E-state index contributed by atoms with van der Waals surface area (Å²) in [5.41, 5.74) is 0. The first-order chi connectivity index (χ1) is 7.44. The standard InChI is InChI=1S/C11H20BrN3S.HI/c1-9(12)7-14-10(13-4)15-5-6-16-11(2,3)8-15;/h1,5-8H2,2-4H3,(H,13,14);1H. The lowest BCUT2D eigenvalue weighted by atomic mass is 10.2. The zero-order chi connectivity index (χ0) is 12.2. The first kappa shape index (κ1) is 17.6. The molecule has 0 aromatic rings. The van der Waals surface area contributed by atoms with Gasteiger partial charge >= 0.3 is 0 Å². The molecule has 3 nitrogen and oxygen atoms in total. The summed E-state index contributed by atoms with van der Waals surface area (Å²) in [5, 5.41) is 3.30. The van der Waals surface area contributed by atoms with Crippen LogP contribution in [0.3, 0.4) is 0 Å². The second kappa shape index (κ2) is 7.89. The van der Waals surface area contributed by atoms with Crippen LogP contribution in [0.15, 0.2) is 16.1 Å². The van der Waals surface area contributed by atoms with E-state index in [1.807, 2.05) is 18.8 Å². The number of rotatable bonds is 2. The van der Waals surface area contributed by atoms with E-state index in [0.717, 1.165) is 35.8 Å². The van der Waals surface area contributed by atoms with Crippen LogP contribution in [-0.2, 0) is 0 Å². The van der Waals surface area contributed by atoms with Gasteiger partial charge in [-0.3, -0.25) is 4.99 Å². The highest BCUT2D eigenvalue weighted by Gasteiger charge is 2.28. The summed E-state index contributed by atoms with van der Waals surface area (Å²) in [5.74, 6) is 2.12. The zero-order valence-electron chi connectivity index (χ0n) is 10.6. The molecule has 0 unspecified atom stereocenters. The molecule has 0 bridgehead atoms. The summed E-state index contributed by atoms with van der Waals surface area (Å²) < 4.78 is 1.25. The van der Waals surface area contributed by atoms with Gasteiger partial charge in [0.1, 0.15) is 0 Å². The lowest BCUT2D eigenvalue weighted by Gasteiger charge is -2.39. The number of aliphatic imine (C=N–C) groups is 1. The third kappa shape index (κ3) is 6.33. The van der Waals surface area contributed by atoms with E-state index in [-0.39, 0.29) is 24.0 Å². The van der Waals surface area contributed by atoms with Crippen molar-refractivity contribution in [3.05, 3.63) is 11.1 Å². The molecule has 0 aliphatic carbocycles. The van der Waals surface area contributed by atoms with Crippen molar-refractivity contribution >= 4 is 57.6 Å². The van der Waals surface area contributed by atoms with Crippen molar-refractivity contribution < 1.29 is 0 Å². The van der Waals surface area contributed by atoms with E-state index in [2.05, 4.69) is 51.6 Å². The highest BCUT2D eigenvalue weighted by molar-refractivity contribution is 14.0. The Morgan fingerprint density at radius 1 is 1.59 bits per heavy atom. The zero-order valence-corrected chi connectivity index (χ0v) is 15.4. The van der Waals surface area contributed by atoms with Gasteiger partial charge < -0.3 is 10.2 Å². The Morgan fingerprint density at radius 2 is 2.24 bits per heavy atom. The van der Waals surface area contributed by atoms with Gasteiger partial charge in [-0.25, -0.2) is 0 Å². The molecule has 0 amide bonds. The number of guanidine groups is 1. The van der Waals surface area contributed by atoms with Gasteiger partial charge in [0, 0.05) is 41.7 Å². The molecule has 17 heavy (non-hydrogen) atoms. The van der Waals surface area contributed by atoms with E-state index in [9.17, 15) is 0 Å². The van der Waals surface area contributed by atoms with Gasteiger partial charge in [0.05, 0.1) is 0 Å². The number of nitrogens with one attached hydrogen (secondary N) is 1. The van der Waals surface area contributed by atoms with Crippen molar-refractivity contribution in [1.29, 1.82) is 0 Å². The number of hydrogen-bond donors (Lipinski definition) is 1. The predicted molar refractivity (Wildman–Crippen MR) is 93.0 cm³/mol. The van der Waals surface area contributed by atoms with E-state index >= 15 is 0 Å². The lowest BCUT2D eigenvalue weighted by Crippen LogP contribution is -2.51. The second-order valence-corrected chi connectivity index (χ2v) is 7.37. The van der Waals surface area contributed by atoms with E-state index in [1.165, 1.54) is 0 Å². The molecule has 0 saturated carbocycles. The molecule has 1 heterocycles. The number of halogens is 2. The molecule has 1 aliphatic rings. The molecule has 0 aromatic carbocycles. The number of hydrogen-bond acceptors (Lipinski definition) is 2. The maximum Gasteiger partial charge on any atom is 0.194 e. The minimum Gasteiger partial charge on any atom is -0.352 e. The topological polar surface area (TPSA) is 27.6 Å². The van der Waals surface area contributed by atoms with Gasteiger partial charge in [-0.1, -0.05) is 22.5 Å². The predicted octanol–water partition coefficient (Wildman–Crippen LogP) is 2.92. The molecule has 0 radical (unpaired) electrons. The SMILES string of the molecule is C=C(Br)CNC(=NC)N1CCSC(C)(C)C1.I. The Balaban J connectivity index is 0.00000256. The van der Waals surface area contributed by atoms with Crippen molar-refractivity contribution in [2.24, 2.45) is 4.99 Å². The molecule has 0 aromatic heterocycles. The Hall–Kier alpha value is 0.570. The molecule has 6 heteroatoms. The lowest BCUT2D eigenvalue weighted by molar-refractivity contribution is 0.377. The van der Waals surface area contributed by atoms with Gasteiger partial charge in [-0.15, -0.1) is 24.0 Å². The molecule has 1 rings (SSSR count). The van der Waals surface area contributed by atoms with E-state index in [0.29, 0.717) is 4.75 Å². The van der Waals surface area contributed by atoms with Gasteiger partial charge in [0.2, 0.25) is 0 Å². The number of thioether (sulfide) groups is 1. The van der Waals surface area contributed by atoms with Crippen molar-refractivity contribution in [1.82, 2.24) is 10.2 Å². The van der Waals surface area contributed by atoms with Crippen molar-refractivity contribution in [2.75, 3.05) is 32.4 Å². The smallest absolute Gasteiger partial charge is 0.194 e. The molecule has 0 spiro atoms. The summed E-state index contributed by atoms with van der Waals surface area (Å²) in [6.45, 7) is 11.2. The summed E-state index contributed by atoms with van der Waals surface area (Å²) in [6, 6.07) is 0. The molecular formula is C11H21BrIN3S. The average molecular weight is 434 g/mol. The Labute approximate surface area is 134 Å². The monoisotopic (exact) mass is 433 g/mol. The summed E-state index contributed by atoms with van der Waals surface area (Å²) in [6.07, 6.45) is 0. The maximum atomic E-state index is 4.31. The van der Waals surface area contributed by atoms with Crippen LogP contribution in [0.1, 0.15) is 13.8 Å². The average Bonchev–Trinajstić information content (AvgIpc) is 2.16. The Morgan fingerprint density at radius 3 is 2.71 bits per heavy atom. The molecule has 1 N–H and O–H groups in total. The largest absolute Gasteiger partial charge is 0.352 e. The van der Waals surface area contributed by atoms with Crippen LogP contribution < -0.4 is 5.32 Å². The van der Waals surface area contributed by atoms with Gasteiger partial charge in [0.15, 0.2) is 5.96 Å². The first-order valence-corrected chi connectivity index (χ1v) is 7.15. The first-order valence-electron chi connectivity index (χ1n) is 5.37. The number of nitrogens with zero attached hydrogens (tertiary/aromatic N) is 2. The van der Waals surface area contributed by atoms with Gasteiger partial charge in [-0.05, 0) is 13.8 Å². The van der Waals surface area contributed by atoms with Crippen LogP contribution in [0.25, 0.3) is 0 Å². The summed E-state index contributed by atoms with van der Waals surface area (Å²) in [4.78, 5) is 6.62. The fourth-order valence-corrected chi connectivity index (χ4v) is 2.96. The van der Waals surface area contributed by atoms with Crippen LogP contribution in [0.5, 0.6) is 0 Å². The summed E-state index contributed by atoms with van der Waals surface area (Å²) >= 11 is 5.37. The van der Waals surface area contributed by atoms with Crippen LogP contribution >= 0.6 is 51.7 Å². The van der Waals surface area contributed by atoms with Crippen molar-refractivity contribution in [3.8, 4) is 0 Å². The van der Waals surface area contributed by atoms with Crippen molar-refractivity contribution in [2.45, 2.75) is 18.6 Å². The minimum atomic E-state index is 0. The fourth-order valence-electron chi connectivity index (χ4n) is 1.70. The normalized spacial score (nSPS) is 19.5. The van der Waals surface area contributed by atoms with Gasteiger partial charge in [0.25, 0.3) is 0 Å². The van der Waals surface area contributed by atoms with E-state index in [4.69, 9.17) is 0 Å². The Kier molecular flexibility index (Phi) is 8.15. The third-order valence-electron chi connectivity index (χ3n) is 2.38. The van der Waals surface area contributed by atoms with E-state index in [1.54, 1.807) is 0 Å². The molecule has 1 aliphatic heterocycles. The highest BCUT2D eigenvalue weighted by Crippen LogP contribution is 2.29. The molecule has 100 valence electrons. The molecule has 0 atom stereocenters. The van der Waals surface area contributed by atoms with E-state index < -0.39 is 0 Å². The van der Waals surface area contributed by atoms with Gasteiger partial charge in [-0.2, -0.15) is 11.8 Å². The van der Waals surface area contributed by atoms with Crippen LogP contribution in [0.2, 0.25) is 0 Å². The fraction of sp³-hybridized carbons (Fsp3) is 0.727. The second-order valence-electron chi connectivity index (χ2n) is 4.45. The van der Waals surface area contributed by atoms with Crippen molar-refractivity contribution in [3.63, 3.8) is 0 Å². The maximum absolute atomic E-state index is 4.31. The Bertz CT molecular complexity index is 294. The summed E-state index contributed by atoms with van der Waals surface area (Å²) in [7, 11) is 1.83. The quantitative estimate of drug-likeness (QED) is 0.412. The van der Waals surface area contributed by atoms with Crippen LogP contribution in [-0.4, -0.2) is 48.0 Å². The van der Waals surface area contributed by atoms with Crippen LogP contribution in [0.4, 0.5) is 0 Å². The van der Waals surface area contributed by atoms with Crippen LogP contribution in [0, 0.1) is 0 Å². The highest BCUT2D eigenvalue weighted by atomic mass is 127. The third-order valence-corrected chi connectivity index (χ3v) is 3.95.